The molecule has 1 aliphatic rings. The molecule has 1 aliphatic heterocycles. The largest absolute Gasteiger partial charge is 0.396 e. The van der Waals surface area contributed by atoms with Crippen molar-refractivity contribution >= 4 is 18.4 Å². The van der Waals surface area contributed by atoms with E-state index in [-0.39, 0.29) is 31.0 Å². The minimum Gasteiger partial charge on any atom is -0.396 e. The van der Waals surface area contributed by atoms with E-state index in [1.54, 1.807) is 18.5 Å². The van der Waals surface area contributed by atoms with Gasteiger partial charge >= 0.3 is 0 Å². The fourth-order valence-corrected chi connectivity index (χ4v) is 1.71. The maximum Gasteiger partial charge on any atom is 0.225 e. The van der Waals surface area contributed by atoms with Gasteiger partial charge in [-0.05, 0) is 6.07 Å². The van der Waals surface area contributed by atoms with Crippen molar-refractivity contribution in [2.24, 2.45) is 11.7 Å². The minimum absolute atomic E-state index is 0. The standard InChI is InChI=1S/C9H14N4O.ClH/c10-8-5-13(4-7(8)6-14)9-11-2-1-3-12-9;/h1-3,7-8,14H,4-6,10H2;1H. The zero-order valence-electron chi connectivity index (χ0n) is 8.28. The van der Waals surface area contributed by atoms with Crippen molar-refractivity contribution < 1.29 is 5.11 Å². The maximum absolute atomic E-state index is 9.05. The van der Waals surface area contributed by atoms with Gasteiger partial charge in [0.25, 0.3) is 0 Å². The Balaban J connectivity index is 0.00000112. The van der Waals surface area contributed by atoms with E-state index in [0.717, 1.165) is 13.1 Å². The van der Waals surface area contributed by atoms with Crippen LogP contribution in [0.3, 0.4) is 0 Å². The second-order valence-electron chi connectivity index (χ2n) is 3.56. The predicted molar refractivity (Wildman–Crippen MR) is 60.0 cm³/mol. The van der Waals surface area contributed by atoms with Gasteiger partial charge < -0.3 is 15.7 Å². The molecule has 2 atom stereocenters. The van der Waals surface area contributed by atoms with E-state index in [1.807, 2.05) is 4.90 Å². The summed E-state index contributed by atoms with van der Waals surface area (Å²) in [6.45, 7) is 1.58. The lowest BCUT2D eigenvalue weighted by Crippen LogP contribution is -2.31. The van der Waals surface area contributed by atoms with Crippen LogP contribution in [0.1, 0.15) is 0 Å². The number of anilines is 1. The Kier molecular flexibility index (Phi) is 4.26. The van der Waals surface area contributed by atoms with E-state index >= 15 is 0 Å². The van der Waals surface area contributed by atoms with Gasteiger partial charge in [-0.25, -0.2) is 9.97 Å². The van der Waals surface area contributed by atoms with Crippen LogP contribution < -0.4 is 10.6 Å². The topological polar surface area (TPSA) is 75.3 Å². The number of nitrogens with zero attached hydrogens (tertiary/aromatic N) is 3. The van der Waals surface area contributed by atoms with Crippen LogP contribution in [0.4, 0.5) is 5.95 Å². The summed E-state index contributed by atoms with van der Waals surface area (Å²) in [4.78, 5) is 10.3. The third-order valence-electron chi connectivity index (χ3n) is 2.56. The molecule has 0 amide bonds. The number of hydrogen-bond donors (Lipinski definition) is 2. The van der Waals surface area contributed by atoms with Gasteiger partial charge in [0.2, 0.25) is 5.95 Å². The number of nitrogens with two attached hydrogens (primary N) is 1. The molecule has 3 N–H and O–H groups in total. The summed E-state index contributed by atoms with van der Waals surface area (Å²) in [5, 5.41) is 9.05. The van der Waals surface area contributed by atoms with Crippen LogP contribution in [0.5, 0.6) is 0 Å². The summed E-state index contributed by atoms with van der Waals surface area (Å²) in [5.74, 6) is 0.831. The summed E-state index contributed by atoms with van der Waals surface area (Å²) in [6, 6.07) is 1.80. The predicted octanol–water partition coefficient (Wildman–Crippen LogP) is -0.346. The van der Waals surface area contributed by atoms with Gasteiger partial charge in [0.05, 0.1) is 0 Å². The van der Waals surface area contributed by atoms with Gasteiger partial charge in [0.1, 0.15) is 0 Å². The average molecular weight is 231 g/mol. The van der Waals surface area contributed by atoms with E-state index in [9.17, 15) is 0 Å². The maximum atomic E-state index is 9.05. The van der Waals surface area contributed by atoms with Crippen LogP contribution in [0, 0.1) is 5.92 Å². The van der Waals surface area contributed by atoms with Gasteiger partial charge in [-0.2, -0.15) is 0 Å². The number of halogens is 1. The van der Waals surface area contributed by atoms with Gasteiger partial charge in [-0.1, -0.05) is 0 Å². The van der Waals surface area contributed by atoms with E-state index in [4.69, 9.17) is 10.8 Å². The van der Waals surface area contributed by atoms with Gasteiger partial charge in [0, 0.05) is 44.0 Å². The highest BCUT2D eigenvalue weighted by Gasteiger charge is 2.30. The third kappa shape index (κ3) is 2.56. The first-order valence-electron chi connectivity index (χ1n) is 4.69. The Labute approximate surface area is 94.7 Å². The van der Waals surface area contributed by atoms with Crippen LogP contribution in [-0.4, -0.2) is 40.8 Å². The Hall–Kier alpha value is -0.910. The highest BCUT2D eigenvalue weighted by atomic mass is 35.5. The lowest BCUT2D eigenvalue weighted by Gasteiger charge is -2.14. The van der Waals surface area contributed by atoms with Crippen LogP contribution >= 0.6 is 12.4 Å². The molecule has 1 fully saturated rings. The zero-order chi connectivity index (χ0) is 9.97. The molecular formula is C9H15ClN4O. The normalized spacial score (nSPS) is 25.1. The number of aliphatic hydroxyl groups excluding tert-OH is 1. The van der Waals surface area contributed by atoms with Crippen LogP contribution in [0.25, 0.3) is 0 Å². The highest BCUT2D eigenvalue weighted by Crippen LogP contribution is 2.18. The molecule has 0 bridgehead atoms. The quantitative estimate of drug-likeness (QED) is 0.727. The second-order valence-corrected chi connectivity index (χ2v) is 3.56. The molecule has 0 aliphatic carbocycles. The smallest absolute Gasteiger partial charge is 0.225 e. The summed E-state index contributed by atoms with van der Waals surface area (Å²) >= 11 is 0. The summed E-state index contributed by atoms with van der Waals surface area (Å²) in [7, 11) is 0. The molecule has 0 spiro atoms. The van der Waals surface area contributed by atoms with Crippen molar-refractivity contribution in [1.82, 2.24) is 9.97 Å². The molecule has 1 saturated heterocycles. The Morgan fingerprint density at radius 2 is 2.07 bits per heavy atom. The van der Waals surface area contributed by atoms with Crippen molar-refractivity contribution in [2.45, 2.75) is 6.04 Å². The van der Waals surface area contributed by atoms with E-state index in [0.29, 0.717) is 5.95 Å². The monoisotopic (exact) mass is 230 g/mol. The van der Waals surface area contributed by atoms with Crippen molar-refractivity contribution in [3.05, 3.63) is 18.5 Å². The van der Waals surface area contributed by atoms with Crippen molar-refractivity contribution in [3.63, 3.8) is 0 Å². The van der Waals surface area contributed by atoms with Crippen molar-refractivity contribution in [3.8, 4) is 0 Å². The molecule has 15 heavy (non-hydrogen) atoms. The van der Waals surface area contributed by atoms with E-state index < -0.39 is 0 Å². The Morgan fingerprint density at radius 1 is 1.40 bits per heavy atom. The molecule has 5 nitrogen and oxygen atoms in total. The van der Waals surface area contributed by atoms with E-state index in [2.05, 4.69) is 9.97 Å². The molecule has 0 aromatic carbocycles. The molecule has 0 radical (unpaired) electrons. The van der Waals surface area contributed by atoms with Gasteiger partial charge in [-0.15, -0.1) is 12.4 Å². The number of aliphatic hydroxyl groups is 1. The fourth-order valence-electron chi connectivity index (χ4n) is 1.71. The summed E-state index contributed by atoms with van der Waals surface area (Å²) < 4.78 is 0. The molecule has 6 heteroatoms. The number of aromatic nitrogens is 2. The fraction of sp³-hybridized carbons (Fsp3) is 0.556. The third-order valence-corrected chi connectivity index (χ3v) is 2.56. The lowest BCUT2D eigenvalue weighted by atomic mass is 10.1. The van der Waals surface area contributed by atoms with Crippen molar-refractivity contribution in [2.75, 3.05) is 24.6 Å². The Bertz CT molecular complexity index is 297. The molecule has 84 valence electrons. The number of rotatable bonds is 2. The van der Waals surface area contributed by atoms with Crippen LogP contribution in [0.15, 0.2) is 18.5 Å². The summed E-state index contributed by atoms with van der Waals surface area (Å²) in [5.41, 5.74) is 5.86. The van der Waals surface area contributed by atoms with Crippen LogP contribution in [-0.2, 0) is 0 Å². The first-order valence-corrected chi connectivity index (χ1v) is 4.69. The Morgan fingerprint density at radius 3 is 2.60 bits per heavy atom. The summed E-state index contributed by atoms with van der Waals surface area (Å²) in [6.07, 6.45) is 3.42. The van der Waals surface area contributed by atoms with Crippen LogP contribution in [0.2, 0.25) is 0 Å². The van der Waals surface area contributed by atoms with Gasteiger partial charge in [0.15, 0.2) is 0 Å². The molecule has 2 unspecified atom stereocenters. The molecular weight excluding hydrogens is 216 g/mol. The number of hydrogen-bond acceptors (Lipinski definition) is 5. The first kappa shape index (κ1) is 12.2. The molecule has 0 saturated carbocycles. The minimum atomic E-state index is 0. The second kappa shape index (κ2) is 5.25. The van der Waals surface area contributed by atoms with Crippen molar-refractivity contribution in [1.29, 1.82) is 0 Å². The van der Waals surface area contributed by atoms with E-state index in [1.165, 1.54) is 0 Å². The molecule has 2 rings (SSSR count). The SMILES string of the molecule is Cl.NC1CN(c2ncccn2)CC1CO. The highest BCUT2D eigenvalue weighted by molar-refractivity contribution is 5.85. The average Bonchev–Trinajstić information content (AvgIpc) is 2.61. The lowest BCUT2D eigenvalue weighted by molar-refractivity contribution is 0.228. The van der Waals surface area contributed by atoms with Gasteiger partial charge in [-0.3, -0.25) is 0 Å². The molecule has 2 heterocycles. The zero-order valence-corrected chi connectivity index (χ0v) is 9.10. The molecule has 1 aromatic rings. The molecule has 1 aromatic heterocycles. The first-order chi connectivity index (χ1) is 6.81.